The number of carbonyl (C=O) groups is 1. The average Bonchev–Trinajstić information content (AvgIpc) is 2.39. The summed E-state index contributed by atoms with van der Waals surface area (Å²) in [6.07, 6.45) is 5.72. The van der Waals surface area contributed by atoms with Crippen molar-refractivity contribution >= 4 is 5.97 Å². The second-order valence-corrected chi connectivity index (χ2v) is 4.06. The van der Waals surface area contributed by atoms with Crippen LogP contribution < -0.4 is 0 Å². The van der Waals surface area contributed by atoms with E-state index in [1.165, 1.54) is 32.8 Å². The number of likely N-dealkylation sites (tertiary alicyclic amines) is 1. The fourth-order valence-electron chi connectivity index (χ4n) is 2.00. The highest BCUT2D eigenvalue weighted by Crippen LogP contribution is 2.16. The minimum atomic E-state index is -0.0959. The van der Waals surface area contributed by atoms with Gasteiger partial charge >= 0.3 is 5.97 Å². The molecule has 0 bridgehead atoms. The van der Waals surface area contributed by atoms with E-state index in [0.717, 1.165) is 13.1 Å². The van der Waals surface area contributed by atoms with E-state index in [1.807, 2.05) is 0 Å². The third-order valence-corrected chi connectivity index (χ3v) is 3.02. The van der Waals surface area contributed by atoms with Gasteiger partial charge in [0.1, 0.15) is 0 Å². The van der Waals surface area contributed by atoms with Crippen molar-refractivity contribution < 1.29 is 9.53 Å². The normalized spacial score (nSPS) is 24.3. The molecular weight excluding hydrogens is 178 g/mol. The van der Waals surface area contributed by atoms with Crippen molar-refractivity contribution in [3.05, 3.63) is 0 Å². The lowest BCUT2D eigenvalue weighted by atomic mass is 10.1. The van der Waals surface area contributed by atoms with E-state index in [0.29, 0.717) is 12.5 Å². The first kappa shape index (κ1) is 11.5. The Morgan fingerprint density at radius 3 is 2.93 bits per heavy atom. The highest BCUT2D eigenvalue weighted by atomic mass is 16.5. The van der Waals surface area contributed by atoms with Crippen LogP contribution in [0.1, 0.15) is 39.0 Å². The second kappa shape index (κ2) is 6.02. The Morgan fingerprint density at radius 1 is 1.43 bits per heavy atom. The van der Waals surface area contributed by atoms with Crippen LogP contribution in [-0.2, 0) is 9.53 Å². The number of nitrogens with zero attached hydrogens (tertiary/aromatic N) is 1. The van der Waals surface area contributed by atoms with E-state index in [-0.39, 0.29) is 5.97 Å². The van der Waals surface area contributed by atoms with Crippen molar-refractivity contribution in [2.24, 2.45) is 0 Å². The molecule has 0 saturated carbocycles. The van der Waals surface area contributed by atoms with Crippen LogP contribution in [0.25, 0.3) is 0 Å². The molecule has 0 N–H and O–H groups in total. The van der Waals surface area contributed by atoms with E-state index in [9.17, 15) is 4.79 Å². The molecule has 0 aromatic rings. The van der Waals surface area contributed by atoms with Crippen molar-refractivity contribution in [1.82, 2.24) is 4.90 Å². The largest absolute Gasteiger partial charge is 0.469 e. The Balaban J connectivity index is 2.29. The van der Waals surface area contributed by atoms with Gasteiger partial charge in [-0.3, -0.25) is 4.79 Å². The van der Waals surface area contributed by atoms with Gasteiger partial charge in [0, 0.05) is 12.6 Å². The molecule has 1 saturated heterocycles. The predicted molar refractivity (Wildman–Crippen MR) is 56.1 cm³/mol. The van der Waals surface area contributed by atoms with E-state index in [4.69, 9.17) is 0 Å². The van der Waals surface area contributed by atoms with Gasteiger partial charge in [0.25, 0.3) is 0 Å². The van der Waals surface area contributed by atoms with Gasteiger partial charge in [-0.15, -0.1) is 0 Å². The van der Waals surface area contributed by atoms with Gasteiger partial charge in [-0.2, -0.15) is 0 Å². The van der Waals surface area contributed by atoms with Crippen LogP contribution in [0.4, 0.5) is 0 Å². The number of esters is 1. The molecule has 1 aliphatic heterocycles. The van der Waals surface area contributed by atoms with Gasteiger partial charge in [0.15, 0.2) is 0 Å². The number of rotatable bonds is 3. The molecule has 0 spiro atoms. The number of methoxy groups -OCH3 is 1. The SMILES string of the molecule is COC(=O)CCN1CCCCCC1C. The summed E-state index contributed by atoms with van der Waals surface area (Å²) in [4.78, 5) is 13.4. The average molecular weight is 199 g/mol. The molecule has 1 rings (SSSR count). The van der Waals surface area contributed by atoms with Crippen molar-refractivity contribution in [2.45, 2.75) is 45.1 Å². The number of hydrogen-bond acceptors (Lipinski definition) is 3. The summed E-state index contributed by atoms with van der Waals surface area (Å²) in [6, 6.07) is 0.627. The Kier molecular flexibility index (Phi) is 4.94. The maximum absolute atomic E-state index is 11.0. The summed E-state index contributed by atoms with van der Waals surface area (Å²) in [7, 11) is 1.45. The lowest BCUT2D eigenvalue weighted by Crippen LogP contribution is -2.34. The summed E-state index contributed by atoms with van der Waals surface area (Å²) in [6.45, 7) is 4.24. The maximum atomic E-state index is 11.0. The van der Waals surface area contributed by atoms with Gasteiger partial charge in [-0.25, -0.2) is 0 Å². The Morgan fingerprint density at radius 2 is 2.21 bits per heavy atom. The standard InChI is InChI=1S/C11H21NO2/c1-10-6-4-3-5-8-12(10)9-7-11(13)14-2/h10H,3-9H2,1-2H3. The summed E-state index contributed by atoms with van der Waals surface area (Å²) < 4.78 is 4.64. The number of hydrogen-bond donors (Lipinski definition) is 0. The molecule has 3 nitrogen and oxygen atoms in total. The summed E-state index contributed by atoms with van der Waals surface area (Å²) >= 11 is 0. The van der Waals surface area contributed by atoms with E-state index in [2.05, 4.69) is 16.6 Å². The molecule has 0 aromatic heterocycles. The zero-order valence-electron chi connectivity index (χ0n) is 9.29. The molecule has 0 amide bonds. The van der Waals surface area contributed by atoms with Gasteiger partial charge in [0.05, 0.1) is 13.5 Å². The molecule has 1 unspecified atom stereocenters. The summed E-state index contributed by atoms with van der Waals surface area (Å²) in [5.74, 6) is -0.0959. The van der Waals surface area contributed by atoms with Crippen LogP contribution in [0.3, 0.4) is 0 Å². The van der Waals surface area contributed by atoms with Crippen molar-refractivity contribution in [1.29, 1.82) is 0 Å². The molecule has 0 aromatic carbocycles. The second-order valence-electron chi connectivity index (χ2n) is 4.06. The molecule has 82 valence electrons. The van der Waals surface area contributed by atoms with E-state index in [1.54, 1.807) is 0 Å². The molecule has 1 fully saturated rings. The Bertz CT molecular complexity index is 182. The number of ether oxygens (including phenoxy) is 1. The lowest BCUT2D eigenvalue weighted by Gasteiger charge is -2.26. The fraction of sp³-hybridized carbons (Fsp3) is 0.909. The molecular formula is C11H21NO2. The van der Waals surface area contributed by atoms with Gasteiger partial charge < -0.3 is 9.64 Å². The quantitative estimate of drug-likeness (QED) is 0.649. The molecule has 0 radical (unpaired) electrons. The Labute approximate surface area is 86.4 Å². The topological polar surface area (TPSA) is 29.5 Å². The van der Waals surface area contributed by atoms with Crippen molar-refractivity contribution in [3.8, 4) is 0 Å². The van der Waals surface area contributed by atoms with Crippen LogP contribution in [0, 0.1) is 0 Å². The van der Waals surface area contributed by atoms with Crippen LogP contribution in [-0.4, -0.2) is 37.1 Å². The molecule has 3 heteroatoms. The highest BCUT2D eigenvalue weighted by Gasteiger charge is 2.17. The van der Waals surface area contributed by atoms with E-state index < -0.39 is 0 Å². The van der Waals surface area contributed by atoms with Crippen LogP contribution >= 0.6 is 0 Å². The minimum Gasteiger partial charge on any atom is -0.469 e. The lowest BCUT2D eigenvalue weighted by molar-refractivity contribution is -0.141. The highest BCUT2D eigenvalue weighted by molar-refractivity contribution is 5.69. The predicted octanol–water partition coefficient (Wildman–Crippen LogP) is 1.81. The third-order valence-electron chi connectivity index (χ3n) is 3.02. The summed E-state index contributed by atoms with van der Waals surface area (Å²) in [5, 5.41) is 0. The molecule has 14 heavy (non-hydrogen) atoms. The number of carbonyl (C=O) groups excluding carboxylic acids is 1. The van der Waals surface area contributed by atoms with E-state index >= 15 is 0 Å². The molecule has 1 heterocycles. The van der Waals surface area contributed by atoms with Crippen LogP contribution in [0.15, 0.2) is 0 Å². The molecule has 1 aliphatic rings. The Hall–Kier alpha value is -0.570. The zero-order chi connectivity index (χ0) is 10.4. The van der Waals surface area contributed by atoms with Crippen molar-refractivity contribution in [3.63, 3.8) is 0 Å². The first-order valence-electron chi connectivity index (χ1n) is 5.55. The molecule has 1 atom stereocenters. The summed E-state index contributed by atoms with van der Waals surface area (Å²) in [5.41, 5.74) is 0. The van der Waals surface area contributed by atoms with Gasteiger partial charge in [-0.1, -0.05) is 12.8 Å². The smallest absolute Gasteiger partial charge is 0.306 e. The first-order valence-corrected chi connectivity index (χ1v) is 5.55. The monoisotopic (exact) mass is 199 g/mol. The maximum Gasteiger partial charge on any atom is 0.306 e. The van der Waals surface area contributed by atoms with Gasteiger partial charge in [-0.05, 0) is 26.3 Å². The molecule has 0 aliphatic carbocycles. The first-order chi connectivity index (χ1) is 6.74. The van der Waals surface area contributed by atoms with Crippen molar-refractivity contribution in [2.75, 3.05) is 20.2 Å². The van der Waals surface area contributed by atoms with Crippen LogP contribution in [0.2, 0.25) is 0 Å². The van der Waals surface area contributed by atoms with Crippen LogP contribution in [0.5, 0.6) is 0 Å². The minimum absolute atomic E-state index is 0.0959. The zero-order valence-corrected chi connectivity index (χ0v) is 9.29. The third kappa shape index (κ3) is 3.66. The van der Waals surface area contributed by atoms with Gasteiger partial charge in [0.2, 0.25) is 0 Å². The fourth-order valence-corrected chi connectivity index (χ4v) is 2.00.